The summed E-state index contributed by atoms with van der Waals surface area (Å²) in [5.74, 6) is -0.393. The predicted octanol–water partition coefficient (Wildman–Crippen LogP) is 2.50. The van der Waals surface area contributed by atoms with Gasteiger partial charge in [0, 0.05) is 0 Å². The molecule has 0 saturated heterocycles. The van der Waals surface area contributed by atoms with Crippen LogP contribution in [0.4, 0.5) is 10.1 Å². The van der Waals surface area contributed by atoms with Crippen LogP contribution in [-0.4, -0.2) is 19.1 Å². The molecule has 4 heteroatoms. The van der Waals surface area contributed by atoms with Crippen molar-refractivity contribution in [2.24, 2.45) is 5.92 Å². The van der Waals surface area contributed by atoms with E-state index in [1.54, 1.807) is 6.07 Å². The lowest BCUT2D eigenvalue weighted by molar-refractivity contribution is -0.142. The summed E-state index contributed by atoms with van der Waals surface area (Å²) < 4.78 is 18.4. The largest absolute Gasteiger partial charge is 0.467 e. The van der Waals surface area contributed by atoms with Crippen LogP contribution in [-0.2, 0) is 9.53 Å². The summed E-state index contributed by atoms with van der Waals surface area (Å²) in [4.78, 5) is 11.6. The number of anilines is 1. The standard InChI is InChI=1S/C13H16FNO2/c1-8-3-6-11(10(14)7-8)15-12(9-4-5-9)13(16)17-2/h3,6-7,9,12,15H,4-5H2,1-2H3. The Kier molecular flexibility index (Phi) is 3.31. The molecule has 1 saturated carbocycles. The Morgan fingerprint density at radius 1 is 1.53 bits per heavy atom. The van der Waals surface area contributed by atoms with Crippen molar-refractivity contribution in [2.45, 2.75) is 25.8 Å². The predicted molar refractivity (Wildman–Crippen MR) is 63.3 cm³/mol. The van der Waals surface area contributed by atoms with E-state index in [0.29, 0.717) is 5.69 Å². The summed E-state index contributed by atoms with van der Waals surface area (Å²) in [6.45, 7) is 1.82. The van der Waals surface area contributed by atoms with E-state index in [1.165, 1.54) is 13.2 Å². The second-order valence-corrected chi connectivity index (χ2v) is 4.47. The van der Waals surface area contributed by atoms with Crippen LogP contribution in [0.1, 0.15) is 18.4 Å². The minimum Gasteiger partial charge on any atom is -0.467 e. The smallest absolute Gasteiger partial charge is 0.328 e. The number of nitrogens with one attached hydrogen (secondary N) is 1. The third-order valence-corrected chi connectivity index (χ3v) is 2.98. The first-order valence-electron chi connectivity index (χ1n) is 5.72. The summed E-state index contributed by atoms with van der Waals surface area (Å²) in [6.07, 6.45) is 1.97. The molecule has 1 atom stereocenters. The average Bonchev–Trinajstić information content (AvgIpc) is 3.11. The SMILES string of the molecule is COC(=O)C(Nc1ccc(C)cc1F)C1CC1. The summed E-state index contributed by atoms with van der Waals surface area (Å²) >= 11 is 0. The number of aryl methyl sites for hydroxylation is 1. The van der Waals surface area contributed by atoms with Crippen molar-refractivity contribution in [2.75, 3.05) is 12.4 Å². The Morgan fingerprint density at radius 3 is 2.76 bits per heavy atom. The maximum absolute atomic E-state index is 13.6. The van der Waals surface area contributed by atoms with Crippen LogP contribution in [0.3, 0.4) is 0 Å². The van der Waals surface area contributed by atoms with Crippen LogP contribution in [0.5, 0.6) is 0 Å². The number of benzene rings is 1. The molecule has 1 aromatic rings. The molecule has 0 radical (unpaired) electrons. The van der Waals surface area contributed by atoms with Gasteiger partial charge in [-0.1, -0.05) is 6.07 Å². The van der Waals surface area contributed by atoms with Gasteiger partial charge in [0.2, 0.25) is 0 Å². The number of carbonyl (C=O) groups is 1. The third-order valence-electron chi connectivity index (χ3n) is 2.98. The molecule has 1 unspecified atom stereocenters. The van der Waals surface area contributed by atoms with E-state index in [0.717, 1.165) is 18.4 Å². The fourth-order valence-corrected chi connectivity index (χ4v) is 1.83. The summed E-state index contributed by atoms with van der Waals surface area (Å²) in [5.41, 5.74) is 1.21. The maximum Gasteiger partial charge on any atom is 0.328 e. The molecule has 2 rings (SSSR count). The van der Waals surface area contributed by atoms with Gasteiger partial charge in [-0.3, -0.25) is 0 Å². The van der Waals surface area contributed by atoms with E-state index in [1.807, 2.05) is 13.0 Å². The molecule has 0 aliphatic heterocycles. The van der Waals surface area contributed by atoms with Crippen LogP contribution in [0.15, 0.2) is 18.2 Å². The lowest BCUT2D eigenvalue weighted by atomic mass is 10.1. The van der Waals surface area contributed by atoms with Crippen molar-refractivity contribution < 1.29 is 13.9 Å². The van der Waals surface area contributed by atoms with Crippen molar-refractivity contribution in [3.8, 4) is 0 Å². The molecule has 0 heterocycles. The lowest BCUT2D eigenvalue weighted by Crippen LogP contribution is -2.33. The first-order chi connectivity index (χ1) is 8.11. The molecule has 1 aliphatic rings. The molecule has 0 amide bonds. The molecule has 0 aromatic heterocycles. The molecule has 1 fully saturated rings. The minimum atomic E-state index is -0.433. The number of carbonyl (C=O) groups excluding carboxylic acids is 1. The highest BCUT2D eigenvalue weighted by Gasteiger charge is 2.37. The normalized spacial score (nSPS) is 16.4. The summed E-state index contributed by atoms with van der Waals surface area (Å²) in [6, 6.07) is 4.48. The monoisotopic (exact) mass is 237 g/mol. The van der Waals surface area contributed by atoms with Crippen LogP contribution in [0.25, 0.3) is 0 Å². The van der Waals surface area contributed by atoms with E-state index < -0.39 is 6.04 Å². The number of hydrogen-bond donors (Lipinski definition) is 1. The molecular weight excluding hydrogens is 221 g/mol. The van der Waals surface area contributed by atoms with Crippen LogP contribution in [0.2, 0.25) is 0 Å². The topological polar surface area (TPSA) is 38.3 Å². The van der Waals surface area contributed by atoms with E-state index in [2.05, 4.69) is 5.32 Å². The highest BCUT2D eigenvalue weighted by Crippen LogP contribution is 2.35. The van der Waals surface area contributed by atoms with E-state index >= 15 is 0 Å². The van der Waals surface area contributed by atoms with Crippen molar-refractivity contribution >= 4 is 11.7 Å². The Hall–Kier alpha value is -1.58. The molecule has 92 valence electrons. The number of hydrogen-bond acceptors (Lipinski definition) is 3. The van der Waals surface area contributed by atoms with Gasteiger partial charge in [0.25, 0.3) is 0 Å². The molecule has 1 aromatic carbocycles. The number of methoxy groups -OCH3 is 1. The Balaban J connectivity index is 2.14. The fraction of sp³-hybridized carbons (Fsp3) is 0.462. The van der Waals surface area contributed by atoms with Gasteiger partial charge < -0.3 is 10.1 Å². The zero-order chi connectivity index (χ0) is 12.4. The zero-order valence-electron chi connectivity index (χ0n) is 10.00. The lowest BCUT2D eigenvalue weighted by Gasteiger charge is -2.17. The Bertz CT molecular complexity index is 429. The summed E-state index contributed by atoms with van der Waals surface area (Å²) in [7, 11) is 1.35. The second-order valence-electron chi connectivity index (χ2n) is 4.47. The van der Waals surface area contributed by atoms with Crippen LogP contribution >= 0.6 is 0 Å². The van der Waals surface area contributed by atoms with Crippen molar-refractivity contribution in [3.05, 3.63) is 29.6 Å². The Morgan fingerprint density at radius 2 is 2.24 bits per heavy atom. The van der Waals surface area contributed by atoms with E-state index in [-0.39, 0.29) is 17.7 Å². The van der Waals surface area contributed by atoms with E-state index in [9.17, 15) is 9.18 Å². The van der Waals surface area contributed by atoms with Gasteiger partial charge in [-0.15, -0.1) is 0 Å². The zero-order valence-corrected chi connectivity index (χ0v) is 10.00. The molecule has 1 N–H and O–H groups in total. The van der Waals surface area contributed by atoms with Crippen molar-refractivity contribution in [1.82, 2.24) is 0 Å². The third kappa shape index (κ3) is 2.75. The average molecular weight is 237 g/mol. The minimum absolute atomic E-state index is 0.267. The number of ether oxygens (including phenoxy) is 1. The number of esters is 1. The van der Waals surface area contributed by atoms with Crippen LogP contribution in [0, 0.1) is 18.7 Å². The summed E-state index contributed by atoms with van der Waals surface area (Å²) in [5, 5.41) is 2.94. The van der Waals surface area contributed by atoms with Gasteiger partial charge in [-0.25, -0.2) is 9.18 Å². The number of rotatable bonds is 4. The van der Waals surface area contributed by atoms with Gasteiger partial charge in [0.1, 0.15) is 11.9 Å². The molecular formula is C13H16FNO2. The molecule has 0 bridgehead atoms. The molecule has 17 heavy (non-hydrogen) atoms. The van der Waals surface area contributed by atoms with Gasteiger partial charge in [-0.2, -0.15) is 0 Å². The first-order valence-corrected chi connectivity index (χ1v) is 5.72. The fourth-order valence-electron chi connectivity index (χ4n) is 1.83. The Labute approximate surface area is 100.0 Å². The highest BCUT2D eigenvalue weighted by molar-refractivity contribution is 5.80. The first kappa shape index (κ1) is 11.9. The van der Waals surface area contributed by atoms with Gasteiger partial charge in [0.05, 0.1) is 12.8 Å². The second kappa shape index (κ2) is 4.73. The van der Waals surface area contributed by atoms with Gasteiger partial charge in [0.15, 0.2) is 0 Å². The van der Waals surface area contributed by atoms with Crippen molar-refractivity contribution in [3.63, 3.8) is 0 Å². The van der Waals surface area contributed by atoms with Crippen LogP contribution < -0.4 is 5.32 Å². The molecule has 0 spiro atoms. The van der Waals surface area contributed by atoms with E-state index in [4.69, 9.17) is 4.74 Å². The van der Waals surface area contributed by atoms with Crippen molar-refractivity contribution in [1.29, 1.82) is 0 Å². The number of halogens is 1. The highest BCUT2D eigenvalue weighted by atomic mass is 19.1. The van der Waals surface area contributed by atoms with Gasteiger partial charge >= 0.3 is 5.97 Å². The quantitative estimate of drug-likeness (QED) is 0.818. The van der Waals surface area contributed by atoms with Gasteiger partial charge in [-0.05, 0) is 43.4 Å². The maximum atomic E-state index is 13.6. The molecule has 3 nitrogen and oxygen atoms in total. The molecule has 1 aliphatic carbocycles.